The molecule has 2 amide bonds. The summed E-state index contributed by atoms with van der Waals surface area (Å²) in [5.41, 5.74) is 0.659. The minimum absolute atomic E-state index is 0.0334. The van der Waals surface area contributed by atoms with Crippen LogP contribution >= 0.6 is 0 Å². The number of nitrogens with zero attached hydrogens (tertiary/aromatic N) is 4. The van der Waals surface area contributed by atoms with Crippen LogP contribution in [-0.4, -0.2) is 59.5 Å². The van der Waals surface area contributed by atoms with Gasteiger partial charge in [0.15, 0.2) is 0 Å². The lowest BCUT2D eigenvalue weighted by atomic mass is 10.1. The Bertz CT molecular complexity index is 1450. The first-order chi connectivity index (χ1) is 18.6. The zero-order chi connectivity index (χ0) is 27.7. The van der Waals surface area contributed by atoms with E-state index in [1.54, 1.807) is 35.2 Å². The van der Waals surface area contributed by atoms with Crippen molar-refractivity contribution in [2.45, 2.75) is 12.2 Å². The van der Waals surface area contributed by atoms with Gasteiger partial charge < -0.3 is 25.6 Å². The van der Waals surface area contributed by atoms with Crippen molar-refractivity contribution in [3.8, 4) is 5.75 Å². The highest BCUT2D eigenvalue weighted by atomic mass is 19.4. The number of halogens is 3. The van der Waals surface area contributed by atoms with Crippen LogP contribution in [0.1, 0.15) is 5.56 Å². The Balaban J connectivity index is 1.40. The first kappa shape index (κ1) is 26.0. The standard InChI is InChI=1S/C26H24F3N7O3/c1-3-22(37)31-15-5-4-6-16(9-15)32-24-19(26(27,28)29)11-30-25(34-24)33-17-7-8-20-21(10-17)39-14-18-12-35(2)13-23(38)36(18)20/h3-11,18H,1,12-14H2,2H3,(H,31,37)(H2,30,32,33,34). The Morgan fingerprint density at radius 1 is 1.15 bits per heavy atom. The summed E-state index contributed by atoms with van der Waals surface area (Å²) in [4.78, 5) is 35.8. The van der Waals surface area contributed by atoms with Gasteiger partial charge in [0.05, 0.1) is 18.3 Å². The quantitative estimate of drug-likeness (QED) is 0.401. The van der Waals surface area contributed by atoms with E-state index in [-0.39, 0.29) is 23.6 Å². The molecule has 2 aliphatic heterocycles. The lowest BCUT2D eigenvalue weighted by Gasteiger charge is -2.43. The Hall–Kier alpha value is -4.65. The zero-order valence-electron chi connectivity index (χ0n) is 20.7. The molecule has 5 rings (SSSR count). The van der Waals surface area contributed by atoms with Gasteiger partial charge >= 0.3 is 6.18 Å². The first-order valence-electron chi connectivity index (χ1n) is 11.9. The third kappa shape index (κ3) is 5.62. The second-order valence-corrected chi connectivity index (χ2v) is 9.09. The summed E-state index contributed by atoms with van der Waals surface area (Å²) in [6, 6.07) is 11.1. The molecule has 10 nitrogen and oxygen atoms in total. The van der Waals surface area contributed by atoms with Crippen molar-refractivity contribution in [1.82, 2.24) is 14.9 Å². The summed E-state index contributed by atoms with van der Waals surface area (Å²) in [5.74, 6) is -0.594. The number of rotatable bonds is 6. The third-order valence-corrected chi connectivity index (χ3v) is 6.14. The van der Waals surface area contributed by atoms with Gasteiger partial charge in [0.1, 0.15) is 23.7 Å². The van der Waals surface area contributed by atoms with E-state index in [1.807, 2.05) is 11.9 Å². The summed E-state index contributed by atoms with van der Waals surface area (Å²) in [6.45, 7) is 4.68. The lowest BCUT2D eigenvalue weighted by Crippen LogP contribution is -2.59. The molecule has 2 aromatic carbocycles. The normalized spacial score (nSPS) is 17.0. The van der Waals surface area contributed by atoms with E-state index < -0.39 is 23.5 Å². The van der Waals surface area contributed by atoms with Crippen LogP contribution in [0.3, 0.4) is 0 Å². The van der Waals surface area contributed by atoms with Gasteiger partial charge in [-0.05, 0) is 43.5 Å². The van der Waals surface area contributed by atoms with Crippen LogP contribution in [0.15, 0.2) is 61.3 Å². The van der Waals surface area contributed by atoms with Crippen molar-refractivity contribution in [2.24, 2.45) is 0 Å². The van der Waals surface area contributed by atoms with Gasteiger partial charge in [0, 0.05) is 35.9 Å². The van der Waals surface area contributed by atoms with E-state index in [0.29, 0.717) is 48.7 Å². The third-order valence-electron chi connectivity index (χ3n) is 6.14. The predicted molar refractivity (Wildman–Crippen MR) is 140 cm³/mol. The van der Waals surface area contributed by atoms with Gasteiger partial charge in [0.2, 0.25) is 17.8 Å². The largest absolute Gasteiger partial charge is 0.489 e. The number of fused-ring (bicyclic) bond motifs is 3. The van der Waals surface area contributed by atoms with Crippen molar-refractivity contribution < 1.29 is 27.5 Å². The number of likely N-dealkylation sites (N-methyl/N-ethyl adjacent to an activating group) is 1. The molecule has 39 heavy (non-hydrogen) atoms. The number of carbonyl (C=O) groups is 2. The number of nitrogens with one attached hydrogen (secondary N) is 3. The second kappa shape index (κ2) is 10.3. The van der Waals surface area contributed by atoms with E-state index in [2.05, 4.69) is 32.5 Å². The van der Waals surface area contributed by atoms with Crippen LogP contribution in [0.5, 0.6) is 5.75 Å². The molecular weight excluding hydrogens is 515 g/mol. The zero-order valence-corrected chi connectivity index (χ0v) is 20.7. The molecule has 13 heteroatoms. The number of ether oxygens (including phenoxy) is 1. The molecule has 1 unspecified atom stereocenters. The number of benzene rings is 2. The molecule has 3 aromatic rings. The van der Waals surface area contributed by atoms with Crippen LogP contribution in [0.2, 0.25) is 0 Å². The minimum Gasteiger partial charge on any atom is -0.489 e. The summed E-state index contributed by atoms with van der Waals surface area (Å²) in [7, 11) is 1.88. The topological polar surface area (TPSA) is 112 Å². The van der Waals surface area contributed by atoms with Crippen LogP contribution in [-0.2, 0) is 15.8 Å². The number of amides is 2. The SMILES string of the molecule is C=CC(=O)Nc1cccc(Nc2nc(Nc3ccc4c(c3)OCC3CN(C)CC(=O)N43)ncc2C(F)(F)F)c1. The Morgan fingerprint density at radius 2 is 1.92 bits per heavy atom. The van der Waals surface area contributed by atoms with E-state index in [9.17, 15) is 22.8 Å². The molecule has 1 saturated heterocycles. The summed E-state index contributed by atoms with van der Waals surface area (Å²) in [5, 5.41) is 8.12. The molecule has 0 spiro atoms. The molecule has 0 radical (unpaired) electrons. The number of alkyl halides is 3. The van der Waals surface area contributed by atoms with Gasteiger partial charge in [0.25, 0.3) is 0 Å². The molecule has 0 saturated carbocycles. The van der Waals surface area contributed by atoms with Gasteiger partial charge in [-0.15, -0.1) is 0 Å². The Kier molecular flexibility index (Phi) is 6.83. The highest BCUT2D eigenvalue weighted by Crippen LogP contribution is 2.39. The molecule has 2 aliphatic rings. The maximum Gasteiger partial charge on any atom is 0.421 e. The van der Waals surface area contributed by atoms with Crippen LogP contribution in [0, 0.1) is 0 Å². The number of hydrogen-bond acceptors (Lipinski definition) is 8. The van der Waals surface area contributed by atoms with Crippen LogP contribution < -0.4 is 25.6 Å². The highest BCUT2D eigenvalue weighted by Gasteiger charge is 2.37. The Morgan fingerprint density at radius 3 is 2.69 bits per heavy atom. The van der Waals surface area contributed by atoms with Gasteiger partial charge in [-0.1, -0.05) is 12.6 Å². The number of anilines is 6. The summed E-state index contributed by atoms with van der Waals surface area (Å²) < 4.78 is 47.1. The van der Waals surface area contributed by atoms with Gasteiger partial charge in [-0.25, -0.2) is 4.98 Å². The number of hydrogen-bond donors (Lipinski definition) is 3. The van der Waals surface area contributed by atoms with Crippen molar-refractivity contribution in [3.63, 3.8) is 0 Å². The molecule has 3 N–H and O–H groups in total. The van der Waals surface area contributed by atoms with Gasteiger partial charge in [-0.3, -0.25) is 14.5 Å². The molecular formula is C26H24F3N7O3. The fraction of sp³-hybridized carbons (Fsp3) is 0.231. The Labute approximate surface area is 221 Å². The number of piperazine rings is 1. The molecule has 0 bridgehead atoms. The average molecular weight is 540 g/mol. The summed E-state index contributed by atoms with van der Waals surface area (Å²) in [6.07, 6.45) is -2.96. The highest BCUT2D eigenvalue weighted by molar-refractivity contribution is 5.99. The molecule has 202 valence electrons. The molecule has 3 heterocycles. The molecule has 1 fully saturated rings. The molecule has 0 aliphatic carbocycles. The van der Waals surface area contributed by atoms with E-state index in [4.69, 9.17) is 4.74 Å². The fourth-order valence-electron chi connectivity index (χ4n) is 4.45. The van der Waals surface area contributed by atoms with Crippen LogP contribution in [0.25, 0.3) is 0 Å². The lowest BCUT2D eigenvalue weighted by molar-refractivity contribution is -0.137. The minimum atomic E-state index is -4.72. The average Bonchev–Trinajstić information content (AvgIpc) is 2.87. The first-order valence-corrected chi connectivity index (χ1v) is 11.9. The second-order valence-electron chi connectivity index (χ2n) is 9.09. The van der Waals surface area contributed by atoms with E-state index in [1.165, 1.54) is 12.1 Å². The summed E-state index contributed by atoms with van der Waals surface area (Å²) >= 11 is 0. The molecule has 1 aromatic heterocycles. The van der Waals surface area contributed by atoms with Gasteiger partial charge in [-0.2, -0.15) is 18.2 Å². The van der Waals surface area contributed by atoms with E-state index in [0.717, 1.165) is 6.08 Å². The smallest absolute Gasteiger partial charge is 0.421 e. The molecule has 1 atom stereocenters. The number of aromatic nitrogens is 2. The fourth-order valence-corrected chi connectivity index (χ4v) is 4.45. The van der Waals surface area contributed by atoms with Crippen LogP contribution in [0.4, 0.5) is 47.7 Å². The van der Waals surface area contributed by atoms with Crippen molar-refractivity contribution >= 4 is 46.3 Å². The number of carbonyl (C=O) groups excluding carboxylic acids is 2. The monoisotopic (exact) mass is 539 g/mol. The van der Waals surface area contributed by atoms with Crippen molar-refractivity contribution in [2.75, 3.05) is 47.6 Å². The maximum atomic E-state index is 13.7. The van der Waals surface area contributed by atoms with Crippen molar-refractivity contribution in [3.05, 3.63) is 66.9 Å². The predicted octanol–water partition coefficient (Wildman–Crippen LogP) is 4.15. The maximum absolute atomic E-state index is 13.7. The van der Waals surface area contributed by atoms with Crippen molar-refractivity contribution in [1.29, 1.82) is 0 Å². The van der Waals surface area contributed by atoms with E-state index >= 15 is 0 Å².